The zero-order chi connectivity index (χ0) is 36.4. The molecule has 2 heterocycles. The van der Waals surface area contributed by atoms with Crippen molar-refractivity contribution in [1.29, 1.82) is 0 Å². The lowest BCUT2D eigenvalue weighted by atomic mass is 9.72. The highest BCUT2D eigenvalue weighted by molar-refractivity contribution is 6.31. The minimum absolute atomic E-state index is 0.0827. The SMILES string of the molecule is C=C(/C=C/c1c(-n2cnnn2)ccc(Cl)c1F)N1CC(C)(C)c2c(-c3ccc(C(=O)NC)cc3)cccc2C1C(=O)Nc1ccc(C(=O)O)cc1. The number of rotatable bonds is 9. The molecule has 5 aromatic rings. The molecule has 1 aliphatic rings. The van der Waals surface area contributed by atoms with Crippen LogP contribution in [0.2, 0.25) is 5.02 Å². The molecule has 1 unspecified atom stereocenters. The lowest BCUT2D eigenvalue weighted by molar-refractivity contribution is -0.121. The first kappa shape index (κ1) is 34.7. The standard InChI is InChI=1S/C38H33ClFN7O4/c1-22(8-17-28-31(47-21-42-44-45-47)19-18-30(39)33(28)40)46-20-38(2,3)32-27(23-9-11-24(12-10-23)35(48)41-4)6-5-7-29(32)34(46)36(49)43-26-15-13-25(14-16-26)37(50)51/h5-19,21,34H,1,20H2,2-4H3,(H,41,48)(H,43,49)(H,50,51)/b17-8+. The summed E-state index contributed by atoms with van der Waals surface area (Å²) >= 11 is 6.16. The molecule has 1 aromatic heterocycles. The molecule has 13 heteroatoms. The highest BCUT2D eigenvalue weighted by atomic mass is 35.5. The smallest absolute Gasteiger partial charge is 0.335 e. The van der Waals surface area contributed by atoms with E-state index in [0.29, 0.717) is 29.2 Å². The fraction of sp³-hybridized carbons (Fsp3) is 0.158. The molecule has 0 fully saturated rings. The van der Waals surface area contributed by atoms with Gasteiger partial charge < -0.3 is 20.6 Å². The molecule has 0 radical (unpaired) electrons. The molecule has 0 saturated heterocycles. The molecule has 0 bridgehead atoms. The summed E-state index contributed by atoms with van der Waals surface area (Å²) in [7, 11) is 1.58. The van der Waals surface area contributed by atoms with Gasteiger partial charge in [-0.3, -0.25) is 9.59 Å². The van der Waals surface area contributed by atoms with Crippen molar-refractivity contribution < 1.29 is 23.9 Å². The number of anilines is 1. The summed E-state index contributed by atoms with van der Waals surface area (Å²) in [6.07, 6.45) is 4.48. The molecule has 4 aromatic carbocycles. The molecule has 258 valence electrons. The Bertz CT molecular complexity index is 2180. The van der Waals surface area contributed by atoms with Crippen molar-refractivity contribution in [3.63, 3.8) is 0 Å². The fourth-order valence-electron chi connectivity index (χ4n) is 6.42. The molecule has 0 saturated carbocycles. The second-order valence-electron chi connectivity index (χ2n) is 12.6. The van der Waals surface area contributed by atoms with Gasteiger partial charge in [-0.1, -0.05) is 62.4 Å². The molecular formula is C38H33ClFN7O4. The average molecular weight is 706 g/mol. The van der Waals surface area contributed by atoms with Crippen LogP contribution in [0.15, 0.2) is 104 Å². The van der Waals surface area contributed by atoms with Crippen molar-refractivity contribution in [3.8, 4) is 16.8 Å². The lowest BCUT2D eigenvalue weighted by Gasteiger charge is -2.47. The molecule has 0 spiro atoms. The Morgan fingerprint density at radius 1 is 1.02 bits per heavy atom. The third-order valence-corrected chi connectivity index (χ3v) is 9.09. The number of nitrogens with one attached hydrogen (secondary N) is 2. The normalized spacial score (nSPS) is 14.9. The largest absolute Gasteiger partial charge is 0.478 e. The summed E-state index contributed by atoms with van der Waals surface area (Å²) < 4.78 is 16.8. The van der Waals surface area contributed by atoms with E-state index in [1.807, 2.05) is 35.2 Å². The van der Waals surface area contributed by atoms with Gasteiger partial charge in [0.05, 0.1) is 16.3 Å². The Morgan fingerprint density at radius 3 is 2.37 bits per heavy atom. The number of benzene rings is 4. The van der Waals surface area contributed by atoms with Crippen LogP contribution in [0.1, 0.15) is 57.3 Å². The third-order valence-electron chi connectivity index (χ3n) is 8.80. The van der Waals surface area contributed by atoms with Crippen LogP contribution in [0.5, 0.6) is 0 Å². The number of aromatic carboxylic acids is 1. The van der Waals surface area contributed by atoms with Crippen LogP contribution in [-0.2, 0) is 10.2 Å². The maximum absolute atomic E-state index is 15.5. The number of aromatic nitrogens is 4. The number of fused-ring (bicyclic) bond motifs is 1. The Balaban J connectivity index is 1.44. The summed E-state index contributed by atoms with van der Waals surface area (Å²) in [6.45, 7) is 8.80. The summed E-state index contributed by atoms with van der Waals surface area (Å²) in [5, 5.41) is 26.1. The van der Waals surface area contributed by atoms with Crippen LogP contribution in [-0.4, -0.2) is 61.6 Å². The zero-order valence-electron chi connectivity index (χ0n) is 27.9. The van der Waals surface area contributed by atoms with E-state index in [9.17, 15) is 19.5 Å². The van der Waals surface area contributed by atoms with Crippen LogP contribution < -0.4 is 10.6 Å². The Hall–Kier alpha value is -6.14. The van der Waals surface area contributed by atoms with Gasteiger partial charge in [-0.25, -0.2) is 9.18 Å². The Kier molecular flexibility index (Phi) is 9.53. The third kappa shape index (κ3) is 6.86. The molecule has 51 heavy (non-hydrogen) atoms. The van der Waals surface area contributed by atoms with Crippen LogP contribution in [0.3, 0.4) is 0 Å². The summed E-state index contributed by atoms with van der Waals surface area (Å²) in [4.78, 5) is 39.9. The van der Waals surface area contributed by atoms with Gasteiger partial charge >= 0.3 is 5.97 Å². The van der Waals surface area contributed by atoms with Crippen LogP contribution in [0.4, 0.5) is 10.1 Å². The lowest BCUT2D eigenvalue weighted by Crippen LogP contribution is -2.48. The monoisotopic (exact) mass is 705 g/mol. The number of carboxylic acids is 1. The number of carbonyl (C=O) groups is 3. The van der Waals surface area contributed by atoms with Crippen LogP contribution in [0, 0.1) is 5.82 Å². The van der Waals surface area contributed by atoms with E-state index in [1.165, 1.54) is 47.4 Å². The summed E-state index contributed by atoms with van der Waals surface area (Å²) in [5.41, 5.74) is 4.78. The van der Waals surface area contributed by atoms with Gasteiger partial charge in [-0.2, -0.15) is 4.68 Å². The second kappa shape index (κ2) is 14.0. The number of amides is 2. The van der Waals surface area contributed by atoms with E-state index < -0.39 is 23.2 Å². The quantitative estimate of drug-likeness (QED) is 0.144. The molecule has 3 N–H and O–H groups in total. The van der Waals surface area contributed by atoms with E-state index in [1.54, 1.807) is 31.3 Å². The first-order valence-electron chi connectivity index (χ1n) is 15.8. The van der Waals surface area contributed by atoms with Crippen LogP contribution in [0.25, 0.3) is 22.9 Å². The van der Waals surface area contributed by atoms with E-state index >= 15 is 4.39 Å². The number of hydrogen-bond acceptors (Lipinski definition) is 7. The van der Waals surface area contributed by atoms with Gasteiger partial charge in [0, 0.05) is 41.5 Å². The predicted octanol–water partition coefficient (Wildman–Crippen LogP) is 6.68. The number of halogens is 2. The summed E-state index contributed by atoms with van der Waals surface area (Å²) in [6, 6.07) is 21.0. The molecule has 1 aliphatic heterocycles. The van der Waals surface area contributed by atoms with E-state index in [-0.39, 0.29) is 28.0 Å². The van der Waals surface area contributed by atoms with Crippen molar-refractivity contribution in [2.24, 2.45) is 0 Å². The van der Waals surface area contributed by atoms with Gasteiger partial charge in [0.2, 0.25) is 0 Å². The number of nitrogens with zero attached hydrogens (tertiary/aromatic N) is 5. The minimum Gasteiger partial charge on any atom is -0.478 e. The molecule has 6 rings (SSSR count). The maximum Gasteiger partial charge on any atom is 0.335 e. The van der Waals surface area contributed by atoms with Crippen molar-refractivity contribution in [1.82, 2.24) is 30.4 Å². The Morgan fingerprint density at radius 2 is 1.73 bits per heavy atom. The van der Waals surface area contributed by atoms with Crippen molar-refractivity contribution >= 4 is 41.1 Å². The zero-order valence-corrected chi connectivity index (χ0v) is 28.6. The number of carboxylic acid groups (broad SMARTS) is 1. The molecular weight excluding hydrogens is 673 g/mol. The van der Waals surface area contributed by atoms with Crippen molar-refractivity contribution in [3.05, 3.63) is 142 Å². The first-order valence-corrected chi connectivity index (χ1v) is 16.2. The van der Waals surface area contributed by atoms with Gasteiger partial charge in [0.25, 0.3) is 11.8 Å². The van der Waals surface area contributed by atoms with E-state index in [2.05, 4.69) is 46.6 Å². The first-order chi connectivity index (χ1) is 24.4. The maximum atomic E-state index is 15.5. The molecule has 11 nitrogen and oxygen atoms in total. The van der Waals surface area contributed by atoms with Gasteiger partial charge in [-0.15, -0.1) is 5.10 Å². The second-order valence-corrected chi connectivity index (χ2v) is 13.0. The number of tetrazole rings is 1. The topological polar surface area (TPSA) is 142 Å². The van der Waals surface area contributed by atoms with Crippen molar-refractivity contribution in [2.75, 3.05) is 18.9 Å². The highest BCUT2D eigenvalue weighted by Gasteiger charge is 2.42. The average Bonchev–Trinajstić information content (AvgIpc) is 3.66. The van der Waals surface area contributed by atoms with E-state index in [4.69, 9.17) is 11.6 Å². The molecule has 2 amide bonds. The fourth-order valence-corrected chi connectivity index (χ4v) is 6.59. The number of carbonyl (C=O) groups excluding carboxylic acids is 2. The van der Waals surface area contributed by atoms with Gasteiger partial charge in [0.15, 0.2) is 5.82 Å². The minimum atomic E-state index is -1.08. The number of allylic oxidation sites excluding steroid dienone is 1. The molecule has 1 atom stereocenters. The predicted molar refractivity (Wildman–Crippen MR) is 192 cm³/mol. The highest BCUT2D eigenvalue weighted by Crippen LogP contribution is 2.46. The Labute approximate surface area is 298 Å². The van der Waals surface area contributed by atoms with E-state index in [0.717, 1.165) is 22.3 Å². The van der Waals surface area contributed by atoms with Gasteiger partial charge in [0.1, 0.15) is 12.4 Å². The van der Waals surface area contributed by atoms with Crippen LogP contribution >= 0.6 is 11.6 Å². The molecule has 0 aliphatic carbocycles. The van der Waals surface area contributed by atoms with Gasteiger partial charge in [-0.05, 0) is 93.4 Å². The van der Waals surface area contributed by atoms with Crippen molar-refractivity contribution in [2.45, 2.75) is 25.3 Å². The number of hydrogen-bond donors (Lipinski definition) is 3. The summed E-state index contributed by atoms with van der Waals surface area (Å²) in [5.74, 6) is -2.35.